The van der Waals surface area contributed by atoms with Crippen LogP contribution >= 0.6 is 0 Å². The van der Waals surface area contributed by atoms with Gasteiger partial charge in [-0.15, -0.1) is 0 Å². The minimum absolute atomic E-state index is 0.0204. The highest BCUT2D eigenvalue weighted by atomic mass is 16.5. The molecule has 6 nitrogen and oxygen atoms in total. The lowest BCUT2D eigenvalue weighted by molar-refractivity contribution is 0.0690. The molecule has 0 spiro atoms. The monoisotopic (exact) mass is 237 g/mol. The molecular weight excluding hydrogens is 222 g/mol. The summed E-state index contributed by atoms with van der Waals surface area (Å²) in [6.07, 6.45) is 1.78. The molecule has 0 aromatic carbocycles. The van der Waals surface area contributed by atoms with Crippen molar-refractivity contribution < 1.29 is 14.6 Å². The molecule has 2 heterocycles. The molecule has 92 valence electrons. The fourth-order valence-corrected chi connectivity index (χ4v) is 1.77. The number of aromatic carboxylic acids is 1. The number of carbonyl (C=O) groups is 1. The molecule has 0 amide bonds. The molecule has 2 N–H and O–H groups in total. The maximum absolute atomic E-state index is 10.9. The summed E-state index contributed by atoms with van der Waals surface area (Å²) in [6, 6.07) is 1.71. The number of carboxylic acid groups (broad SMARTS) is 1. The number of aromatic nitrogens is 2. The summed E-state index contributed by atoms with van der Waals surface area (Å²) >= 11 is 0. The van der Waals surface area contributed by atoms with Gasteiger partial charge < -0.3 is 15.2 Å². The van der Waals surface area contributed by atoms with Gasteiger partial charge in [-0.1, -0.05) is 0 Å². The summed E-state index contributed by atoms with van der Waals surface area (Å²) in [5, 5.41) is 12.1. The van der Waals surface area contributed by atoms with Crippen LogP contribution in [0.15, 0.2) is 6.07 Å². The van der Waals surface area contributed by atoms with Gasteiger partial charge in [0, 0.05) is 24.9 Å². The van der Waals surface area contributed by atoms with E-state index < -0.39 is 5.97 Å². The molecule has 1 aromatic heterocycles. The molecule has 6 heteroatoms. The zero-order chi connectivity index (χ0) is 12.3. The third kappa shape index (κ3) is 3.13. The first-order chi connectivity index (χ1) is 8.15. The Morgan fingerprint density at radius 1 is 1.47 bits per heavy atom. The van der Waals surface area contributed by atoms with E-state index in [0.29, 0.717) is 11.6 Å². The fourth-order valence-electron chi connectivity index (χ4n) is 1.77. The maximum Gasteiger partial charge on any atom is 0.354 e. The molecule has 0 aliphatic carbocycles. The molecular formula is C11H15N3O3. The van der Waals surface area contributed by atoms with E-state index in [1.807, 2.05) is 0 Å². The highest BCUT2D eigenvalue weighted by Crippen LogP contribution is 2.12. The number of carboxylic acids is 1. The molecule has 1 fully saturated rings. The van der Waals surface area contributed by atoms with E-state index in [1.54, 1.807) is 6.92 Å². The van der Waals surface area contributed by atoms with Crippen molar-refractivity contribution in [2.45, 2.75) is 25.8 Å². The Labute approximate surface area is 99.0 Å². The van der Waals surface area contributed by atoms with Gasteiger partial charge in [-0.3, -0.25) is 0 Å². The predicted octanol–water partition coefficient (Wildman–Crippen LogP) is 1.07. The van der Waals surface area contributed by atoms with Gasteiger partial charge in [0.2, 0.25) is 5.95 Å². The van der Waals surface area contributed by atoms with Crippen LogP contribution in [0.25, 0.3) is 0 Å². The second kappa shape index (κ2) is 5.09. The third-order valence-electron chi connectivity index (χ3n) is 2.63. The lowest BCUT2D eigenvalue weighted by atomic mass is 10.1. The van der Waals surface area contributed by atoms with Gasteiger partial charge >= 0.3 is 5.97 Å². The lowest BCUT2D eigenvalue weighted by Crippen LogP contribution is -2.29. The molecule has 2 rings (SSSR count). The van der Waals surface area contributed by atoms with Crippen molar-refractivity contribution in [1.29, 1.82) is 0 Å². The quantitative estimate of drug-likeness (QED) is 0.818. The van der Waals surface area contributed by atoms with Crippen LogP contribution in [-0.4, -0.2) is 40.3 Å². The van der Waals surface area contributed by atoms with Crippen LogP contribution in [0.1, 0.15) is 29.0 Å². The number of nitrogens with zero attached hydrogens (tertiary/aromatic N) is 2. The molecule has 1 saturated heterocycles. The Bertz CT molecular complexity index is 416. The van der Waals surface area contributed by atoms with Crippen LogP contribution in [0.3, 0.4) is 0 Å². The average molecular weight is 237 g/mol. The highest BCUT2D eigenvalue weighted by Gasteiger charge is 2.16. The van der Waals surface area contributed by atoms with E-state index in [2.05, 4.69) is 15.3 Å². The summed E-state index contributed by atoms with van der Waals surface area (Å²) in [5.74, 6) is -0.653. The summed E-state index contributed by atoms with van der Waals surface area (Å²) in [4.78, 5) is 19.0. The van der Waals surface area contributed by atoms with E-state index in [9.17, 15) is 4.79 Å². The fraction of sp³-hybridized carbons (Fsp3) is 0.545. The Kier molecular flexibility index (Phi) is 3.53. The maximum atomic E-state index is 10.9. The first-order valence-corrected chi connectivity index (χ1v) is 5.58. The number of ether oxygens (including phenoxy) is 1. The molecule has 1 aliphatic rings. The Balaban J connectivity index is 2.11. The van der Waals surface area contributed by atoms with Gasteiger partial charge in [0.25, 0.3) is 0 Å². The summed E-state index contributed by atoms with van der Waals surface area (Å²) in [7, 11) is 0. The van der Waals surface area contributed by atoms with Crippen molar-refractivity contribution in [1.82, 2.24) is 9.97 Å². The second-order valence-corrected chi connectivity index (χ2v) is 4.05. The Hall–Kier alpha value is -1.69. The molecule has 0 radical (unpaired) electrons. The van der Waals surface area contributed by atoms with E-state index in [1.165, 1.54) is 6.07 Å². The van der Waals surface area contributed by atoms with Gasteiger partial charge in [-0.05, 0) is 25.8 Å². The highest BCUT2D eigenvalue weighted by molar-refractivity contribution is 5.85. The number of nitrogens with one attached hydrogen (secondary N) is 1. The largest absolute Gasteiger partial charge is 0.477 e. The van der Waals surface area contributed by atoms with Crippen molar-refractivity contribution >= 4 is 11.9 Å². The van der Waals surface area contributed by atoms with Crippen molar-refractivity contribution in [3.63, 3.8) is 0 Å². The van der Waals surface area contributed by atoms with Gasteiger partial charge in [-0.2, -0.15) is 0 Å². The van der Waals surface area contributed by atoms with Crippen LogP contribution in [0, 0.1) is 6.92 Å². The number of hydrogen-bond acceptors (Lipinski definition) is 5. The van der Waals surface area contributed by atoms with Gasteiger partial charge in [0.05, 0.1) is 0 Å². The van der Waals surface area contributed by atoms with Gasteiger partial charge in [-0.25, -0.2) is 14.8 Å². The number of anilines is 1. The normalized spacial score (nSPS) is 16.8. The molecule has 0 atom stereocenters. The van der Waals surface area contributed by atoms with E-state index >= 15 is 0 Å². The van der Waals surface area contributed by atoms with E-state index in [-0.39, 0.29) is 11.7 Å². The Morgan fingerprint density at radius 2 is 2.18 bits per heavy atom. The van der Waals surface area contributed by atoms with Crippen LogP contribution in [0.4, 0.5) is 5.95 Å². The second-order valence-electron chi connectivity index (χ2n) is 4.05. The SMILES string of the molecule is Cc1cc(C(=O)O)nc(NC2CCOCC2)n1. The zero-order valence-corrected chi connectivity index (χ0v) is 9.64. The third-order valence-corrected chi connectivity index (χ3v) is 2.63. The summed E-state index contributed by atoms with van der Waals surface area (Å²) in [6.45, 7) is 3.19. The minimum atomic E-state index is -1.04. The number of aryl methyl sites for hydroxylation is 1. The predicted molar refractivity (Wildman–Crippen MR) is 61.2 cm³/mol. The first-order valence-electron chi connectivity index (χ1n) is 5.58. The molecule has 1 aromatic rings. The van der Waals surface area contributed by atoms with Crippen LogP contribution in [0.5, 0.6) is 0 Å². The summed E-state index contributed by atoms with van der Waals surface area (Å²) in [5.41, 5.74) is 0.666. The van der Waals surface area contributed by atoms with Crippen molar-refractivity contribution in [3.05, 3.63) is 17.5 Å². The van der Waals surface area contributed by atoms with E-state index in [0.717, 1.165) is 26.1 Å². The molecule has 0 saturated carbocycles. The van der Waals surface area contributed by atoms with Crippen molar-refractivity contribution in [3.8, 4) is 0 Å². The molecule has 0 bridgehead atoms. The van der Waals surface area contributed by atoms with Crippen molar-refractivity contribution in [2.24, 2.45) is 0 Å². The average Bonchev–Trinajstić information content (AvgIpc) is 2.29. The Morgan fingerprint density at radius 3 is 2.82 bits per heavy atom. The molecule has 0 unspecified atom stereocenters. The van der Waals surface area contributed by atoms with Gasteiger partial charge in [0.1, 0.15) is 0 Å². The number of rotatable bonds is 3. The first kappa shape index (κ1) is 11.8. The van der Waals surface area contributed by atoms with E-state index in [4.69, 9.17) is 9.84 Å². The molecule has 17 heavy (non-hydrogen) atoms. The minimum Gasteiger partial charge on any atom is -0.477 e. The van der Waals surface area contributed by atoms with Crippen LogP contribution < -0.4 is 5.32 Å². The smallest absolute Gasteiger partial charge is 0.354 e. The number of hydrogen-bond donors (Lipinski definition) is 2. The summed E-state index contributed by atoms with van der Waals surface area (Å²) < 4.78 is 5.25. The van der Waals surface area contributed by atoms with Crippen LogP contribution in [-0.2, 0) is 4.74 Å². The van der Waals surface area contributed by atoms with Gasteiger partial charge in [0.15, 0.2) is 5.69 Å². The lowest BCUT2D eigenvalue weighted by Gasteiger charge is -2.23. The topological polar surface area (TPSA) is 84.3 Å². The zero-order valence-electron chi connectivity index (χ0n) is 9.64. The standard InChI is InChI=1S/C11H15N3O3/c1-7-6-9(10(15)16)14-11(12-7)13-8-2-4-17-5-3-8/h6,8H,2-5H2,1H3,(H,15,16)(H,12,13,14). The van der Waals surface area contributed by atoms with Crippen molar-refractivity contribution in [2.75, 3.05) is 18.5 Å². The van der Waals surface area contributed by atoms with Crippen LogP contribution in [0.2, 0.25) is 0 Å². The molecule has 1 aliphatic heterocycles.